The zero-order valence-electron chi connectivity index (χ0n) is 14.9. The minimum atomic E-state index is -0.570. The van der Waals surface area contributed by atoms with Crippen molar-refractivity contribution in [3.8, 4) is 0 Å². The molecule has 0 bridgehead atoms. The summed E-state index contributed by atoms with van der Waals surface area (Å²) >= 11 is 0. The third-order valence-corrected chi connectivity index (χ3v) is 4.20. The van der Waals surface area contributed by atoms with E-state index in [1.807, 2.05) is 63.2 Å². The second-order valence-electron chi connectivity index (χ2n) is 7.38. The van der Waals surface area contributed by atoms with Crippen LogP contribution in [0.1, 0.15) is 33.6 Å². The van der Waals surface area contributed by atoms with E-state index in [1.165, 1.54) is 4.90 Å². The lowest BCUT2D eigenvalue weighted by molar-refractivity contribution is -0.120. The quantitative estimate of drug-likeness (QED) is 0.892. The molecule has 1 heterocycles. The number of carbonyl (C=O) groups is 2. The average Bonchev–Trinajstić information content (AvgIpc) is 3.03. The molecule has 132 valence electrons. The minimum Gasteiger partial charge on any atom is -0.444 e. The van der Waals surface area contributed by atoms with Gasteiger partial charge in [0.05, 0.1) is 0 Å². The van der Waals surface area contributed by atoms with E-state index < -0.39 is 17.7 Å². The fraction of sp³-hybridized carbons (Fsp3) is 0.400. The number of fused-ring (bicyclic) bond motifs is 1. The number of nitrogens with one attached hydrogen (secondary N) is 1. The molecule has 0 saturated carbocycles. The van der Waals surface area contributed by atoms with Crippen LogP contribution in [0.25, 0.3) is 10.8 Å². The molecule has 1 saturated heterocycles. The molecule has 1 aliphatic heterocycles. The van der Waals surface area contributed by atoms with Gasteiger partial charge in [0.1, 0.15) is 11.6 Å². The van der Waals surface area contributed by atoms with Gasteiger partial charge >= 0.3 is 6.09 Å². The highest BCUT2D eigenvalue weighted by Crippen LogP contribution is 2.23. The SMILES string of the molecule is CC(C)(C)OC(=O)N1CCC[C@H]1C(=O)Nc1ccc2ccccc2c1. The van der Waals surface area contributed by atoms with Crippen molar-refractivity contribution >= 4 is 28.5 Å². The first-order valence-electron chi connectivity index (χ1n) is 8.63. The summed E-state index contributed by atoms with van der Waals surface area (Å²) in [5.41, 5.74) is 0.165. The highest BCUT2D eigenvalue weighted by molar-refractivity contribution is 5.98. The number of benzene rings is 2. The Balaban J connectivity index is 1.71. The molecule has 1 N–H and O–H groups in total. The fourth-order valence-corrected chi connectivity index (χ4v) is 3.07. The Kier molecular flexibility index (Phi) is 4.66. The Labute approximate surface area is 148 Å². The van der Waals surface area contributed by atoms with Gasteiger partial charge in [-0.3, -0.25) is 9.69 Å². The van der Waals surface area contributed by atoms with Crippen LogP contribution < -0.4 is 5.32 Å². The molecule has 1 atom stereocenters. The van der Waals surface area contributed by atoms with Crippen LogP contribution in [0, 0.1) is 0 Å². The molecule has 25 heavy (non-hydrogen) atoms. The molecule has 0 radical (unpaired) electrons. The molecule has 0 unspecified atom stereocenters. The number of carbonyl (C=O) groups excluding carboxylic acids is 2. The molecule has 0 aromatic heterocycles. The van der Waals surface area contributed by atoms with Crippen LogP contribution >= 0.6 is 0 Å². The maximum atomic E-state index is 12.7. The summed E-state index contributed by atoms with van der Waals surface area (Å²) in [6.45, 7) is 6.02. The van der Waals surface area contributed by atoms with Crippen molar-refractivity contribution in [1.82, 2.24) is 4.90 Å². The second kappa shape index (κ2) is 6.75. The number of likely N-dealkylation sites (tertiary alicyclic amines) is 1. The van der Waals surface area contributed by atoms with Gasteiger partial charge in [0.15, 0.2) is 0 Å². The number of hydrogen-bond acceptors (Lipinski definition) is 3. The Hall–Kier alpha value is -2.56. The third kappa shape index (κ3) is 4.10. The molecule has 0 spiro atoms. The van der Waals surface area contributed by atoms with Crippen molar-refractivity contribution in [2.45, 2.75) is 45.3 Å². The number of ether oxygens (including phenoxy) is 1. The molecule has 0 aliphatic carbocycles. The van der Waals surface area contributed by atoms with Gasteiger partial charge in [0.25, 0.3) is 0 Å². The Morgan fingerprint density at radius 3 is 2.56 bits per heavy atom. The Morgan fingerprint density at radius 2 is 1.84 bits per heavy atom. The van der Waals surface area contributed by atoms with Crippen molar-refractivity contribution in [1.29, 1.82) is 0 Å². The summed E-state index contributed by atoms with van der Waals surface area (Å²) in [6, 6.07) is 13.3. The van der Waals surface area contributed by atoms with Gasteiger partial charge in [-0.05, 0) is 56.5 Å². The van der Waals surface area contributed by atoms with E-state index in [0.717, 1.165) is 22.9 Å². The smallest absolute Gasteiger partial charge is 0.410 e. The van der Waals surface area contributed by atoms with Gasteiger partial charge in [0, 0.05) is 12.2 Å². The Bertz CT molecular complexity index is 795. The zero-order valence-corrected chi connectivity index (χ0v) is 14.9. The molecule has 3 rings (SSSR count). The molecule has 2 aromatic rings. The van der Waals surface area contributed by atoms with Crippen LogP contribution in [0.15, 0.2) is 42.5 Å². The standard InChI is InChI=1S/C20H24N2O3/c1-20(2,3)25-19(24)22-12-6-9-17(22)18(23)21-16-11-10-14-7-4-5-8-15(14)13-16/h4-5,7-8,10-11,13,17H,6,9,12H2,1-3H3,(H,21,23)/t17-/m0/s1. The van der Waals surface area contributed by atoms with E-state index in [2.05, 4.69) is 5.32 Å². The van der Waals surface area contributed by atoms with Crippen LogP contribution in [0.5, 0.6) is 0 Å². The number of rotatable bonds is 2. The predicted molar refractivity (Wildman–Crippen MR) is 98.5 cm³/mol. The highest BCUT2D eigenvalue weighted by Gasteiger charge is 2.36. The van der Waals surface area contributed by atoms with Crippen molar-refractivity contribution < 1.29 is 14.3 Å². The van der Waals surface area contributed by atoms with Crippen LogP contribution in [0.3, 0.4) is 0 Å². The third-order valence-electron chi connectivity index (χ3n) is 4.20. The molecular formula is C20H24N2O3. The summed E-state index contributed by atoms with van der Waals surface area (Å²) < 4.78 is 5.42. The number of nitrogens with zero attached hydrogens (tertiary/aromatic N) is 1. The van der Waals surface area contributed by atoms with E-state index >= 15 is 0 Å². The molecule has 5 heteroatoms. The average molecular weight is 340 g/mol. The van der Waals surface area contributed by atoms with Gasteiger partial charge in [0.2, 0.25) is 5.91 Å². The Morgan fingerprint density at radius 1 is 1.12 bits per heavy atom. The maximum Gasteiger partial charge on any atom is 0.410 e. The summed E-state index contributed by atoms with van der Waals surface area (Å²) in [4.78, 5) is 26.5. The van der Waals surface area contributed by atoms with Gasteiger partial charge in [-0.1, -0.05) is 30.3 Å². The van der Waals surface area contributed by atoms with Crippen molar-refractivity contribution in [2.24, 2.45) is 0 Å². The summed E-state index contributed by atoms with van der Waals surface area (Å²) in [5.74, 6) is -0.168. The monoisotopic (exact) mass is 340 g/mol. The number of anilines is 1. The van der Waals surface area contributed by atoms with Gasteiger partial charge in [-0.25, -0.2) is 4.79 Å². The predicted octanol–water partition coefficient (Wildman–Crippen LogP) is 4.18. The summed E-state index contributed by atoms with van der Waals surface area (Å²) in [5, 5.41) is 5.12. The largest absolute Gasteiger partial charge is 0.444 e. The zero-order chi connectivity index (χ0) is 18.0. The first kappa shape index (κ1) is 17.3. The second-order valence-corrected chi connectivity index (χ2v) is 7.38. The lowest BCUT2D eigenvalue weighted by Crippen LogP contribution is -2.45. The molecule has 1 aliphatic rings. The molecule has 5 nitrogen and oxygen atoms in total. The molecule has 2 aromatic carbocycles. The van der Waals surface area contributed by atoms with Crippen molar-refractivity contribution in [2.75, 3.05) is 11.9 Å². The van der Waals surface area contributed by atoms with Crippen molar-refractivity contribution in [3.05, 3.63) is 42.5 Å². The van der Waals surface area contributed by atoms with Crippen LogP contribution in [0.4, 0.5) is 10.5 Å². The first-order valence-corrected chi connectivity index (χ1v) is 8.63. The van der Waals surface area contributed by atoms with Gasteiger partial charge < -0.3 is 10.1 Å². The van der Waals surface area contributed by atoms with Crippen LogP contribution in [-0.4, -0.2) is 35.1 Å². The van der Waals surface area contributed by atoms with E-state index in [0.29, 0.717) is 13.0 Å². The lowest BCUT2D eigenvalue weighted by atomic mass is 10.1. The highest BCUT2D eigenvalue weighted by atomic mass is 16.6. The molecule has 2 amide bonds. The van der Waals surface area contributed by atoms with E-state index in [1.54, 1.807) is 0 Å². The maximum absolute atomic E-state index is 12.7. The number of hydrogen-bond donors (Lipinski definition) is 1. The van der Waals surface area contributed by atoms with Crippen molar-refractivity contribution in [3.63, 3.8) is 0 Å². The summed E-state index contributed by atoms with van der Waals surface area (Å²) in [6.07, 6.45) is 1.02. The first-order chi connectivity index (χ1) is 11.8. The summed E-state index contributed by atoms with van der Waals surface area (Å²) in [7, 11) is 0. The van der Waals surface area contributed by atoms with E-state index in [-0.39, 0.29) is 5.91 Å². The lowest BCUT2D eigenvalue weighted by Gasteiger charge is -2.28. The van der Waals surface area contributed by atoms with E-state index in [4.69, 9.17) is 4.74 Å². The van der Waals surface area contributed by atoms with Crippen LogP contribution in [0.2, 0.25) is 0 Å². The van der Waals surface area contributed by atoms with E-state index in [9.17, 15) is 9.59 Å². The van der Waals surface area contributed by atoms with Gasteiger partial charge in [-0.15, -0.1) is 0 Å². The topological polar surface area (TPSA) is 58.6 Å². The minimum absolute atomic E-state index is 0.168. The van der Waals surface area contributed by atoms with Crippen LogP contribution in [-0.2, 0) is 9.53 Å². The fourth-order valence-electron chi connectivity index (χ4n) is 3.07. The molecule has 1 fully saturated rings. The molecular weight excluding hydrogens is 316 g/mol. The normalized spacial score (nSPS) is 17.6. The van der Waals surface area contributed by atoms with Gasteiger partial charge in [-0.2, -0.15) is 0 Å². The number of amides is 2.